The standard InChI is InChI=1S/C13H17F3N2O2S/c1-17-5-7-18(8-6-17)21(19,20)10-11-3-2-4-12(9-11)13(14,15)16/h2-4,9H,5-8,10H2,1H3. The van der Waals surface area contributed by atoms with Crippen LogP contribution in [0.1, 0.15) is 11.1 Å². The molecule has 0 spiro atoms. The molecule has 0 unspecified atom stereocenters. The maximum atomic E-state index is 12.6. The average molecular weight is 322 g/mol. The second kappa shape index (κ2) is 5.94. The Morgan fingerprint density at radius 3 is 2.33 bits per heavy atom. The fourth-order valence-corrected chi connectivity index (χ4v) is 3.71. The summed E-state index contributed by atoms with van der Waals surface area (Å²) < 4.78 is 63.7. The van der Waals surface area contributed by atoms with Crippen molar-refractivity contribution in [3.63, 3.8) is 0 Å². The predicted molar refractivity (Wildman–Crippen MR) is 73.1 cm³/mol. The van der Waals surface area contributed by atoms with Crippen LogP contribution in [0, 0.1) is 0 Å². The highest BCUT2D eigenvalue weighted by Crippen LogP contribution is 2.30. The van der Waals surface area contributed by atoms with E-state index in [4.69, 9.17) is 0 Å². The quantitative estimate of drug-likeness (QED) is 0.852. The Hall–Kier alpha value is -1.12. The van der Waals surface area contributed by atoms with Gasteiger partial charge in [-0.3, -0.25) is 0 Å². The summed E-state index contributed by atoms with van der Waals surface area (Å²) in [4.78, 5) is 2.01. The molecule has 1 aromatic carbocycles. The van der Waals surface area contributed by atoms with E-state index in [1.54, 1.807) is 0 Å². The molecule has 0 atom stereocenters. The minimum Gasteiger partial charge on any atom is -0.304 e. The first-order chi connectivity index (χ1) is 9.68. The maximum Gasteiger partial charge on any atom is 0.416 e. The van der Waals surface area contributed by atoms with E-state index >= 15 is 0 Å². The fraction of sp³-hybridized carbons (Fsp3) is 0.538. The number of piperazine rings is 1. The molecule has 1 heterocycles. The highest BCUT2D eigenvalue weighted by atomic mass is 32.2. The van der Waals surface area contributed by atoms with Gasteiger partial charge in [-0.1, -0.05) is 18.2 Å². The van der Waals surface area contributed by atoms with Crippen molar-refractivity contribution in [2.75, 3.05) is 33.2 Å². The zero-order valence-electron chi connectivity index (χ0n) is 11.6. The lowest BCUT2D eigenvalue weighted by Crippen LogP contribution is -2.47. The summed E-state index contributed by atoms with van der Waals surface area (Å²) in [6.45, 7) is 2.00. The normalized spacial score (nSPS) is 18.9. The molecule has 118 valence electrons. The lowest BCUT2D eigenvalue weighted by Gasteiger charge is -2.31. The largest absolute Gasteiger partial charge is 0.416 e. The van der Waals surface area contributed by atoms with Crippen molar-refractivity contribution in [3.8, 4) is 0 Å². The number of likely N-dealkylation sites (N-methyl/N-ethyl adjacent to an activating group) is 1. The molecule has 1 aromatic rings. The van der Waals surface area contributed by atoms with Crippen LogP contribution in [-0.2, 0) is 22.0 Å². The van der Waals surface area contributed by atoms with E-state index in [9.17, 15) is 21.6 Å². The zero-order valence-corrected chi connectivity index (χ0v) is 12.4. The minimum atomic E-state index is -4.46. The molecule has 0 aliphatic carbocycles. The Bertz CT molecular complexity index is 594. The summed E-state index contributed by atoms with van der Waals surface area (Å²) in [7, 11) is -1.68. The highest BCUT2D eigenvalue weighted by Gasteiger charge is 2.31. The van der Waals surface area contributed by atoms with E-state index in [0.29, 0.717) is 26.2 Å². The molecular weight excluding hydrogens is 305 g/mol. The summed E-state index contributed by atoms with van der Waals surface area (Å²) in [6.07, 6.45) is -4.46. The monoisotopic (exact) mass is 322 g/mol. The first-order valence-electron chi connectivity index (χ1n) is 6.51. The van der Waals surface area contributed by atoms with E-state index in [-0.39, 0.29) is 5.56 Å². The van der Waals surface area contributed by atoms with Crippen LogP contribution < -0.4 is 0 Å². The second-order valence-corrected chi connectivity index (χ2v) is 7.13. The van der Waals surface area contributed by atoms with Gasteiger partial charge in [0.2, 0.25) is 10.0 Å². The van der Waals surface area contributed by atoms with Gasteiger partial charge in [0.15, 0.2) is 0 Å². The van der Waals surface area contributed by atoms with Crippen molar-refractivity contribution in [1.29, 1.82) is 0 Å². The van der Waals surface area contributed by atoms with E-state index in [2.05, 4.69) is 0 Å². The predicted octanol–water partition coefficient (Wildman–Crippen LogP) is 1.78. The SMILES string of the molecule is CN1CCN(S(=O)(=O)Cc2cccc(C(F)(F)F)c2)CC1. The number of hydrogen-bond donors (Lipinski definition) is 0. The van der Waals surface area contributed by atoms with Gasteiger partial charge >= 0.3 is 6.18 Å². The van der Waals surface area contributed by atoms with Crippen LogP contribution in [0.5, 0.6) is 0 Å². The molecule has 0 radical (unpaired) electrons. The van der Waals surface area contributed by atoms with Crippen LogP contribution in [0.25, 0.3) is 0 Å². The van der Waals surface area contributed by atoms with Crippen LogP contribution in [0.15, 0.2) is 24.3 Å². The third-order valence-electron chi connectivity index (χ3n) is 3.46. The summed E-state index contributed by atoms with van der Waals surface area (Å²) in [5.41, 5.74) is -0.669. The molecule has 0 amide bonds. The molecule has 8 heteroatoms. The number of benzene rings is 1. The van der Waals surface area contributed by atoms with E-state index in [0.717, 1.165) is 12.1 Å². The van der Waals surface area contributed by atoms with Crippen molar-refractivity contribution < 1.29 is 21.6 Å². The van der Waals surface area contributed by atoms with Gasteiger partial charge in [-0.2, -0.15) is 17.5 Å². The lowest BCUT2D eigenvalue weighted by molar-refractivity contribution is -0.137. The first-order valence-corrected chi connectivity index (χ1v) is 8.12. The maximum absolute atomic E-state index is 12.6. The summed E-state index contributed by atoms with van der Waals surface area (Å²) >= 11 is 0. The van der Waals surface area contributed by atoms with Crippen molar-refractivity contribution in [2.45, 2.75) is 11.9 Å². The Balaban J connectivity index is 2.14. The summed E-state index contributed by atoms with van der Waals surface area (Å²) in [6, 6.07) is 4.47. The number of sulfonamides is 1. The Morgan fingerprint density at radius 1 is 1.14 bits per heavy atom. The molecule has 21 heavy (non-hydrogen) atoms. The van der Waals surface area contributed by atoms with Crippen molar-refractivity contribution in [3.05, 3.63) is 35.4 Å². The smallest absolute Gasteiger partial charge is 0.304 e. The molecule has 1 aliphatic heterocycles. The highest BCUT2D eigenvalue weighted by molar-refractivity contribution is 7.88. The number of nitrogens with zero attached hydrogens (tertiary/aromatic N) is 2. The Morgan fingerprint density at radius 2 is 1.76 bits per heavy atom. The first kappa shape index (κ1) is 16.3. The fourth-order valence-electron chi connectivity index (χ4n) is 2.21. The summed E-state index contributed by atoms with van der Waals surface area (Å²) in [5, 5.41) is 0. The molecular formula is C13H17F3N2O2S. The summed E-state index contributed by atoms with van der Waals surface area (Å²) in [5.74, 6) is -0.402. The number of rotatable bonds is 3. The Labute approximate surface area is 122 Å². The molecule has 0 aromatic heterocycles. The topological polar surface area (TPSA) is 40.6 Å². The second-order valence-electron chi connectivity index (χ2n) is 5.16. The van der Waals surface area contributed by atoms with Crippen LogP contribution in [-0.4, -0.2) is 50.8 Å². The van der Waals surface area contributed by atoms with Crippen LogP contribution in [0.3, 0.4) is 0 Å². The van der Waals surface area contributed by atoms with Crippen molar-refractivity contribution >= 4 is 10.0 Å². The van der Waals surface area contributed by atoms with Crippen LogP contribution >= 0.6 is 0 Å². The van der Waals surface area contributed by atoms with Crippen molar-refractivity contribution in [1.82, 2.24) is 9.21 Å². The number of alkyl halides is 3. The zero-order chi connectivity index (χ0) is 15.7. The Kier molecular flexibility index (Phi) is 4.60. The lowest BCUT2D eigenvalue weighted by atomic mass is 10.1. The van der Waals surface area contributed by atoms with Gasteiger partial charge in [-0.25, -0.2) is 8.42 Å². The molecule has 2 rings (SSSR count). The third kappa shape index (κ3) is 4.18. The molecule has 1 saturated heterocycles. The van der Waals surface area contributed by atoms with Gasteiger partial charge in [0.25, 0.3) is 0 Å². The van der Waals surface area contributed by atoms with Crippen LogP contribution in [0.4, 0.5) is 13.2 Å². The van der Waals surface area contributed by atoms with Gasteiger partial charge in [0.05, 0.1) is 11.3 Å². The van der Waals surface area contributed by atoms with Gasteiger partial charge in [0.1, 0.15) is 0 Å². The van der Waals surface area contributed by atoms with Crippen molar-refractivity contribution in [2.24, 2.45) is 0 Å². The van der Waals surface area contributed by atoms with E-state index < -0.39 is 27.5 Å². The minimum absolute atomic E-state index is 0.156. The average Bonchev–Trinajstić information content (AvgIpc) is 2.38. The number of halogens is 3. The van der Waals surface area contributed by atoms with Gasteiger partial charge in [0, 0.05) is 26.2 Å². The van der Waals surface area contributed by atoms with E-state index in [1.165, 1.54) is 16.4 Å². The molecule has 1 aliphatic rings. The molecule has 0 bridgehead atoms. The third-order valence-corrected chi connectivity index (χ3v) is 5.31. The molecule has 1 fully saturated rings. The molecule has 0 saturated carbocycles. The van der Waals surface area contributed by atoms with Crippen LogP contribution in [0.2, 0.25) is 0 Å². The van der Waals surface area contributed by atoms with E-state index in [1.807, 2.05) is 11.9 Å². The molecule has 0 N–H and O–H groups in total. The molecule has 4 nitrogen and oxygen atoms in total. The number of hydrogen-bond acceptors (Lipinski definition) is 3. The van der Waals surface area contributed by atoms with Gasteiger partial charge < -0.3 is 4.90 Å². The van der Waals surface area contributed by atoms with Gasteiger partial charge in [-0.05, 0) is 18.7 Å². The van der Waals surface area contributed by atoms with Gasteiger partial charge in [-0.15, -0.1) is 0 Å².